The average Bonchev–Trinajstić information content (AvgIpc) is 2.85. The molecule has 2 rings (SSSR count). The van der Waals surface area contributed by atoms with Crippen molar-refractivity contribution in [1.82, 2.24) is 4.34 Å². The maximum absolute atomic E-state index is 11.5. The molecule has 4 heteroatoms. The maximum atomic E-state index is 11.5. The van der Waals surface area contributed by atoms with Gasteiger partial charge in [0.1, 0.15) is 5.69 Å². The Morgan fingerprint density at radius 1 is 1.56 bits per heavy atom. The van der Waals surface area contributed by atoms with E-state index in [0.29, 0.717) is 12.3 Å². The lowest BCUT2D eigenvalue weighted by Gasteiger charge is -2.04. The second kappa shape index (κ2) is 5.86. The minimum atomic E-state index is -0.225. The van der Waals surface area contributed by atoms with E-state index in [-0.39, 0.29) is 5.97 Å². The second-order valence-corrected chi connectivity index (χ2v) is 3.96. The lowest BCUT2D eigenvalue weighted by Crippen LogP contribution is -2.08. The number of nitrogens with zero attached hydrogens (tertiary/aromatic N) is 1. The van der Waals surface area contributed by atoms with Gasteiger partial charge in [0.05, 0.1) is 6.61 Å². The third-order valence-corrected chi connectivity index (χ3v) is 3.17. The molecule has 0 aromatic carbocycles. The number of fused-ring (bicyclic) bond motifs is 1. The van der Waals surface area contributed by atoms with Crippen LogP contribution in [0.5, 0.6) is 0 Å². The smallest absolute Gasteiger partial charge is 0.355 e. The van der Waals surface area contributed by atoms with E-state index in [4.69, 9.17) is 4.74 Å². The minimum Gasteiger partial charge on any atom is -0.461 e. The van der Waals surface area contributed by atoms with Gasteiger partial charge in [0.25, 0.3) is 0 Å². The number of rotatable bonds is 2. The van der Waals surface area contributed by atoms with E-state index in [0.717, 1.165) is 12.8 Å². The highest BCUT2D eigenvalue weighted by molar-refractivity contribution is 7.14. The Kier molecular flexibility index (Phi) is 4.75. The first-order valence-corrected chi connectivity index (χ1v) is 5.91. The van der Waals surface area contributed by atoms with Gasteiger partial charge in [0, 0.05) is 5.69 Å². The van der Waals surface area contributed by atoms with E-state index in [1.165, 1.54) is 17.7 Å². The quantitative estimate of drug-likeness (QED) is 0.451. The van der Waals surface area contributed by atoms with Crippen molar-refractivity contribution in [2.75, 3.05) is 6.61 Å². The third kappa shape index (κ3) is 2.35. The normalized spacial score (nSPS) is 12.6. The third-order valence-electron chi connectivity index (χ3n) is 2.58. The molecule has 16 heavy (non-hydrogen) atoms. The Hall–Kier alpha value is -1.08. The molecule has 0 radical (unpaired) electrons. The van der Waals surface area contributed by atoms with Crippen molar-refractivity contribution in [2.24, 2.45) is 0 Å². The highest BCUT2D eigenvalue weighted by atomic mass is 31.0. The van der Waals surface area contributed by atoms with E-state index in [1.807, 2.05) is 17.3 Å². The SMILES string of the molecule is C=C.CCOC(=O)c1cc2c(n1P)CCC2. The van der Waals surface area contributed by atoms with Gasteiger partial charge in [-0.25, -0.2) is 4.79 Å². The number of aromatic nitrogens is 1. The number of carbonyl (C=O) groups excluding carboxylic acids is 1. The fourth-order valence-corrected chi connectivity index (χ4v) is 2.40. The molecule has 1 atom stereocenters. The largest absolute Gasteiger partial charge is 0.461 e. The molecule has 0 fully saturated rings. The molecule has 0 spiro atoms. The van der Waals surface area contributed by atoms with Crippen LogP contribution >= 0.6 is 9.39 Å². The van der Waals surface area contributed by atoms with Crippen molar-refractivity contribution in [1.29, 1.82) is 0 Å². The molecule has 1 aromatic rings. The summed E-state index contributed by atoms with van der Waals surface area (Å²) in [6.07, 6.45) is 3.35. The van der Waals surface area contributed by atoms with Crippen LogP contribution < -0.4 is 0 Å². The predicted molar refractivity (Wildman–Crippen MR) is 68.8 cm³/mol. The lowest BCUT2D eigenvalue weighted by molar-refractivity contribution is 0.0518. The summed E-state index contributed by atoms with van der Waals surface area (Å²) in [5.41, 5.74) is 3.21. The van der Waals surface area contributed by atoms with Crippen molar-refractivity contribution < 1.29 is 9.53 Å². The van der Waals surface area contributed by atoms with Crippen molar-refractivity contribution in [3.63, 3.8) is 0 Å². The molecule has 1 aliphatic rings. The Morgan fingerprint density at radius 3 is 2.81 bits per heavy atom. The second-order valence-electron chi connectivity index (χ2n) is 3.45. The Balaban J connectivity index is 0.000000606. The molecule has 1 aliphatic carbocycles. The Bertz CT molecular complexity index is 385. The number of ether oxygens (including phenoxy) is 1. The molecule has 88 valence electrons. The highest BCUT2D eigenvalue weighted by Gasteiger charge is 2.21. The summed E-state index contributed by atoms with van der Waals surface area (Å²) in [5, 5.41) is 0. The first kappa shape index (κ1) is 13.0. The molecule has 1 heterocycles. The summed E-state index contributed by atoms with van der Waals surface area (Å²) in [4.78, 5) is 11.5. The van der Waals surface area contributed by atoms with Crippen molar-refractivity contribution >= 4 is 15.4 Å². The molecule has 0 bridgehead atoms. The van der Waals surface area contributed by atoms with E-state index in [9.17, 15) is 4.79 Å². The number of aryl methyl sites for hydroxylation is 1. The first-order valence-electron chi connectivity index (χ1n) is 5.39. The molecule has 0 amide bonds. The Morgan fingerprint density at radius 2 is 2.25 bits per heavy atom. The first-order chi connectivity index (χ1) is 7.74. The lowest BCUT2D eigenvalue weighted by atomic mass is 10.2. The van der Waals surface area contributed by atoms with Gasteiger partial charge in [-0.2, -0.15) is 0 Å². The van der Waals surface area contributed by atoms with Crippen LogP contribution in [0.2, 0.25) is 0 Å². The summed E-state index contributed by atoms with van der Waals surface area (Å²) >= 11 is 0. The van der Waals surface area contributed by atoms with E-state index in [1.54, 1.807) is 0 Å². The van der Waals surface area contributed by atoms with Crippen LogP contribution in [0.3, 0.4) is 0 Å². The topological polar surface area (TPSA) is 31.2 Å². The molecule has 0 saturated heterocycles. The predicted octanol–water partition coefficient (Wildman–Crippen LogP) is 2.59. The van der Waals surface area contributed by atoms with Crippen LogP contribution in [0.4, 0.5) is 0 Å². The summed E-state index contributed by atoms with van der Waals surface area (Å²) in [6.45, 7) is 8.25. The number of hydrogen-bond donors (Lipinski definition) is 0. The van der Waals surface area contributed by atoms with Crippen molar-refractivity contribution in [3.8, 4) is 0 Å². The van der Waals surface area contributed by atoms with Crippen LogP contribution in [0.15, 0.2) is 19.2 Å². The molecule has 1 unspecified atom stereocenters. The van der Waals surface area contributed by atoms with Crippen LogP contribution in [-0.2, 0) is 17.6 Å². The van der Waals surface area contributed by atoms with Gasteiger partial charge >= 0.3 is 5.97 Å². The zero-order valence-electron chi connectivity index (χ0n) is 9.66. The van der Waals surface area contributed by atoms with Crippen LogP contribution in [0.25, 0.3) is 0 Å². The Labute approximate surface area is 98.7 Å². The molecule has 0 aliphatic heterocycles. The summed E-state index contributed by atoms with van der Waals surface area (Å²) < 4.78 is 6.86. The van der Waals surface area contributed by atoms with Gasteiger partial charge in [-0.3, -0.25) is 0 Å². The fraction of sp³-hybridized carbons (Fsp3) is 0.417. The van der Waals surface area contributed by atoms with E-state index in [2.05, 4.69) is 22.5 Å². The molecule has 1 aromatic heterocycles. The van der Waals surface area contributed by atoms with Gasteiger partial charge in [-0.15, -0.1) is 13.2 Å². The zero-order valence-corrected chi connectivity index (χ0v) is 10.8. The maximum Gasteiger partial charge on any atom is 0.355 e. The van der Waals surface area contributed by atoms with Gasteiger partial charge in [-0.1, -0.05) is 0 Å². The van der Waals surface area contributed by atoms with Gasteiger partial charge in [0.15, 0.2) is 0 Å². The summed E-state index contributed by atoms with van der Waals surface area (Å²) in [5.74, 6) is -0.225. The molecular weight excluding hydrogens is 221 g/mol. The van der Waals surface area contributed by atoms with E-state index < -0.39 is 0 Å². The highest BCUT2D eigenvalue weighted by Crippen LogP contribution is 2.27. The number of carbonyl (C=O) groups is 1. The summed E-state index contributed by atoms with van der Waals surface area (Å²) in [7, 11) is 2.58. The van der Waals surface area contributed by atoms with Crippen molar-refractivity contribution in [3.05, 3.63) is 36.2 Å². The number of hydrogen-bond acceptors (Lipinski definition) is 2. The number of esters is 1. The summed E-state index contributed by atoms with van der Waals surface area (Å²) in [6, 6.07) is 1.95. The van der Waals surface area contributed by atoms with Crippen LogP contribution in [0, 0.1) is 0 Å². The fourth-order valence-electron chi connectivity index (χ4n) is 1.92. The molecular formula is C12H18NO2P. The van der Waals surface area contributed by atoms with Crippen LogP contribution in [-0.4, -0.2) is 16.9 Å². The van der Waals surface area contributed by atoms with E-state index >= 15 is 0 Å². The monoisotopic (exact) mass is 239 g/mol. The van der Waals surface area contributed by atoms with Gasteiger partial charge < -0.3 is 9.07 Å². The van der Waals surface area contributed by atoms with Crippen LogP contribution in [0.1, 0.15) is 35.1 Å². The zero-order chi connectivity index (χ0) is 12.1. The molecule has 0 saturated carbocycles. The average molecular weight is 239 g/mol. The van der Waals surface area contributed by atoms with Gasteiger partial charge in [-0.05, 0) is 47.2 Å². The minimum absolute atomic E-state index is 0.225. The molecule has 0 N–H and O–H groups in total. The van der Waals surface area contributed by atoms with Crippen molar-refractivity contribution in [2.45, 2.75) is 26.2 Å². The standard InChI is InChI=1S/C10H14NO2P.C2H4/c1-2-13-10(12)9-6-7-4-3-5-8(7)11(9)14;1-2/h6H,2-5,14H2,1H3;1-2H2. The van der Waals surface area contributed by atoms with Gasteiger partial charge in [0.2, 0.25) is 0 Å². The molecule has 3 nitrogen and oxygen atoms in total.